The Morgan fingerprint density at radius 1 is 0.833 bits per heavy atom. The van der Waals surface area contributed by atoms with Crippen molar-refractivity contribution >= 4 is 7.82 Å². The molecule has 7 nitrogen and oxygen atoms in total. The van der Waals surface area contributed by atoms with Gasteiger partial charge in [0.15, 0.2) is 0 Å². The topological polar surface area (TPSA) is 108 Å². The number of aliphatic hydroxyl groups excluding tert-OH is 2. The largest absolute Gasteiger partial charge is 0.472 e. The lowest BCUT2D eigenvalue weighted by atomic mass is 10.5. The van der Waals surface area contributed by atoms with Gasteiger partial charge in [-0.1, -0.05) is 0 Å². The van der Waals surface area contributed by atoms with Gasteiger partial charge >= 0.3 is 20.2 Å². The first-order valence-electron chi connectivity index (χ1n) is 6.51. The highest BCUT2D eigenvalue weighted by atomic mass is 31.2. The predicted octanol–water partition coefficient (Wildman–Crippen LogP) is 1.59. The normalized spacial score (nSPS) is 12.7. The molecule has 0 aliphatic rings. The zero-order chi connectivity index (χ0) is 19.3. The SMILES string of the molecule is O=P(O)(OCCC(F)(F)F)OCCC(F)(F)F.OCCNCCO. The van der Waals surface area contributed by atoms with Gasteiger partial charge in [0.05, 0.1) is 39.3 Å². The number of alkyl halides is 6. The van der Waals surface area contributed by atoms with Gasteiger partial charge in [0, 0.05) is 13.1 Å². The van der Waals surface area contributed by atoms with E-state index < -0.39 is 46.2 Å². The molecule has 148 valence electrons. The highest BCUT2D eigenvalue weighted by Gasteiger charge is 2.32. The molecule has 0 aromatic rings. The first-order chi connectivity index (χ1) is 10.8. The van der Waals surface area contributed by atoms with Crippen LogP contribution < -0.4 is 5.32 Å². The second kappa shape index (κ2) is 12.9. The molecule has 0 unspecified atom stereocenters. The molecule has 0 spiro atoms. The Labute approximate surface area is 134 Å². The van der Waals surface area contributed by atoms with Crippen LogP contribution in [0.2, 0.25) is 0 Å². The number of hydrogen-bond donors (Lipinski definition) is 4. The van der Waals surface area contributed by atoms with Gasteiger partial charge in [0.1, 0.15) is 0 Å². The Morgan fingerprint density at radius 3 is 1.42 bits per heavy atom. The lowest BCUT2D eigenvalue weighted by molar-refractivity contribution is -0.142. The summed E-state index contributed by atoms with van der Waals surface area (Å²) in [6.45, 7) is -0.909. The van der Waals surface area contributed by atoms with E-state index in [0.29, 0.717) is 13.1 Å². The lowest BCUT2D eigenvalue weighted by Gasteiger charge is -2.13. The van der Waals surface area contributed by atoms with Crippen molar-refractivity contribution in [3.05, 3.63) is 0 Å². The van der Waals surface area contributed by atoms with E-state index in [4.69, 9.17) is 15.1 Å². The first kappa shape index (κ1) is 25.8. The third kappa shape index (κ3) is 23.8. The second-order valence-electron chi connectivity index (χ2n) is 4.06. The number of aliphatic hydroxyl groups is 2. The maximum atomic E-state index is 11.6. The molecule has 0 saturated heterocycles. The van der Waals surface area contributed by atoms with Gasteiger partial charge in [0.2, 0.25) is 0 Å². The number of rotatable bonds is 10. The molecule has 0 aliphatic heterocycles. The van der Waals surface area contributed by atoms with Gasteiger partial charge in [-0.3, -0.25) is 9.05 Å². The molecule has 0 aliphatic carbocycles. The fourth-order valence-electron chi connectivity index (χ4n) is 0.874. The van der Waals surface area contributed by atoms with Crippen LogP contribution in [0.15, 0.2) is 0 Å². The number of phosphoric ester groups is 1. The van der Waals surface area contributed by atoms with Gasteiger partial charge in [-0.15, -0.1) is 0 Å². The van der Waals surface area contributed by atoms with Gasteiger partial charge in [-0.05, 0) is 0 Å². The smallest absolute Gasteiger partial charge is 0.395 e. The number of phosphoric acid groups is 1. The summed E-state index contributed by atoms with van der Waals surface area (Å²) in [6.07, 6.45) is -12.2. The van der Waals surface area contributed by atoms with Gasteiger partial charge in [-0.2, -0.15) is 26.3 Å². The van der Waals surface area contributed by atoms with Crippen molar-refractivity contribution in [3.8, 4) is 0 Å². The van der Waals surface area contributed by atoms with Crippen molar-refractivity contribution in [2.45, 2.75) is 25.2 Å². The van der Waals surface area contributed by atoms with Crippen LogP contribution in [0, 0.1) is 0 Å². The van der Waals surface area contributed by atoms with E-state index in [1.165, 1.54) is 0 Å². The van der Waals surface area contributed by atoms with Crippen LogP contribution in [-0.4, -0.2) is 67.0 Å². The molecule has 0 rings (SSSR count). The Hall–Kier alpha value is -0.430. The van der Waals surface area contributed by atoms with E-state index in [1.807, 2.05) is 0 Å². The summed E-state index contributed by atoms with van der Waals surface area (Å²) in [5.74, 6) is 0. The minimum atomic E-state index is -4.86. The van der Waals surface area contributed by atoms with Gasteiger partial charge in [-0.25, -0.2) is 4.57 Å². The highest BCUT2D eigenvalue weighted by molar-refractivity contribution is 7.47. The Balaban J connectivity index is 0. The van der Waals surface area contributed by atoms with Crippen molar-refractivity contribution in [3.63, 3.8) is 0 Å². The Morgan fingerprint density at radius 2 is 1.17 bits per heavy atom. The van der Waals surface area contributed by atoms with E-state index in [-0.39, 0.29) is 13.2 Å². The minimum Gasteiger partial charge on any atom is -0.395 e. The van der Waals surface area contributed by atoms with E-state index in [9.17, 15) is 30.9 Å². The van der Waals surface area contributed by atoms with Crippen molar-refractivity contribution in [1.82, 2.24) is 5.32 Å². The molecule has 0 aromatic carbocycles. The molecule has 4 N–H and O–H groups in total. The highest BCUT2D eigenvalue weighted by Crippen LogP contribution is 2.44. The maximum Gasteiger partial charge on any atom is 0.472 e. The fraction of sp³-hybridized carbons (Fsp3) is 1.00. The molecule has 24 heavy (non-hydrogen) atoms. The Kier molecular flexibility index (Phi) is 13.8. The third-order valence-corrected chi connectivity index (χ3v) is 2.87. The molecule has 0 radical (unpaired) electrons. The van der Waals surface area contributed by atoms with Crippen LogP contribution in [0.3, 0.4) is 0 Å². The van der Waals surface area contributed by atoms with Gasteiger partial charge < -0.3 is 20.4 Å². The number of halogens is 6. The molecular weight excluding hydrogens is 375 g/mol. The van der Waals surface area contributed by atoms with Crippen molar-refractivity contribution < 1.29 is 55.1 Å². The molecule has 0 amide bonds. The summed E-state index contributed by atoms with van der Waals surface area (Å²) in [6, 6.07) is 0. The molecule has 0 aromatic heterocycles. The summed E-state index contributed by atoms with van der Waals surface area (Å²) in [5, 5.41) is 19.1. The lowest BCUT2D eigenvalue weighted by Crippen LogP contribution is -2.21. The predicted molar refractivity (Wildman–Crippen MR) is 70.1 cm³/mol. The number of hydrogen-bond acceptors (Lipinski definition) is 6. The van der Waals surface area contributed by atoms with Crippen molar-refractivity contribution in [2.24, 2.45) is 0 Å². The van der Waals surface area contributed by atoms with Crippen LogP contribution >= 0.6 is 7.82 Å². The minimum absolute atomic E-state index is 0.139. The molecule has 0 atom stereocenters. The van der Waals surface area contributed by atoms with Crippen LogP contribution in [-0.2, 0) is 13.6 Å². The van der Waals surface area contributed by atoms with Crippen LogP contribution in [0.5, 0.6) is 0 Å². The summed E-state index contributed by atoms with van der Waals surface area (Å²) in [5.41, 5.74) is 0. The number of nitrogens with one attached hydrogen (secondary N) is 1. The summed E-state index contributed by atoms with van der Waals surface area (Å²) < 4.78 is 88.0. The standard InChI is InChI=1S/C6H9F6O4P.C4H11NO2/c7-5(8,9)1-3-15-17(13,14)16-4-2-6(10,11)12;6-3-1-5-2-4-7/h1-4H2,(H,13,14);5-7H,1-4H2. The zero-order valence-corrected chi connectivity index (χ0v) is 13.3. The Bertz CT molecular complexity index is 326. The molecule has 0 bridgehead atoms. The van der Waals surface area contributed by atoms with Crippen molar-refractivity contribution in [1.29, 1.82) is 0 Å². The average Bonchev–Trinajstić information content (AvgIpc) is 2.36. The maximum absolute atomic E-state index is 11.6. The van der Waals surface area contributed by atoms with Crippen molar-refractivity contribution in [2.75, 3.05) is 39.5 Å². The molecule has 14 heteroatoms. The molecule has 0 fully saturated rings. The van der Waals surface area contributed by atoms with E-state index >= 15 is 0 Å². The summed E-state index contributed by atoms with van der Waals surface area (Å²) in [7, 11) is -4.86. The molecule has 0 heterocycles. The van der Waals surface area contributed by atoms with E-state index in [2.05, 4.69) is 14.4 Å². The fourth-order valence-corrected chi connectivity index (χ4v) is 1.59. The van der Waals surface area contributed by atoms with Crippen LogP contribution in [0.25, 0.3) is 0 Å². The molecular formula is C10H20F6NO6P. The quantitative estimate of drug-likeness (QED) is 0.253. The van der Waals surface area contributed by atoms with Crippen LogP contribution in [0.4, 0.5) is 26.3 Å². The monoisotopic (exact) mass is 395 g/mol. The third-order valence-electron chi connectivity index (χ3n) is 1.86. The first-order valence-corrected chi connectivity index (χ1v) is 8.00. The second-order valence-corrected chi connectivity index (χ2v) is 5.52. The summed E-state index contributed by atoms with van der Waals surface area (Å²) in [4.78, 5) is 8.68. The zero-order valence-electron chi connectivity index (χ0n) is 12.4. The van der Waals surface area contributed by atoms with Crippen LogP contribution in [0.1, 0.15) is 12.8 Å². The van der Waals surface area contributed by atoms with E-state index in [0.717, 1.165) is 0 Å². The van der Waals surface area contributed by atoms with Gasteiger partial charge in [0.25, 0.3) is 0 Å². The van der Waals surface area contributed by atoms with E-state index in [1.54, 1.807) is 0 Å². The summed E-state index contributed by atoms with van der Waals surface area (Å²) >= 11 is 0. The average molecular weight is 395 g/mol. The molecule has 0 saturated carbocycles.